The summed E-state index contributed by atoms with van der Waals surface area (Å²) >= 11 is 0. The van der Waals surface area contributed by atoms with Gasteiger partial charge in [-0.05, 0) is 18.6 Å². The highest BCUT2D eigenvalue weighted by Crippen LogP contribution is 2.35. The number of halogens is 3. The van der Waals surface area contributed by atoms with E-state index in [2.05, 4.69) is 10.1 Å². The molecule has 2 atom stereocenters. The first kappa shape index (κ1) is 17.5. The number of hydrogen-bond donors (Lipinski definition) is 1. The topological polar surface area (TPSA) is 67.9 Å². The summed E-state index contributed by atoms with van der Waals surface area (Å²) in [5.74, 6) is -2.08. The zero-order chi connectivity index (χ0) is 18.4. The average Bonchev–Trinajstić information content (AvgIpc) is 2.55. The van der Waals surface area contributed by atoms with E-state index in [1.807, 2.05) is 0 Å². The van der Waals surface area contributed by atoms with Crippen LogP contribution in [0.1, 0.15) is 21.5 Å². The number of rotatable bonds is 2. The zero-order valence-electron chi connectivity index (χ0n) is 13.6. The number of carbonyl (C=O) groups is 2. The minimum absolute atomic E-state index is 0.231. The Kier molecular flexibility index (Phi) is 4.36. The van der Waals surface area contributed by atoms with Gasteiger partial charge in [0.15, 0.2) is 6.23 Å². The monoisotopic (exact) mass is 358 g/mol. The molecule has 9 heteroatoms. The number of fused-ring (bicyclic) bond motifs is 2. The molecular formula is C16H17F3N2O4. The Morgan fingerprint density at radius 2 is 2.08 bits per heavy atom. The molecule has 2 heterocycles. The van der Waals surface area contributed by atoms with Gasteiger partial charge in [0.2, 0.25) is 0 Å². The molecule has 0 aliphatic carbocycles. The lowest BCUT2D eigenvalue weighted by Crippen LogP contribution is -2.63. The lowest BCUT2D eigenvalue weighted by Gasteiger charge is -2.44. The first-order valence-electron chi connectivity index (χ1n) is 7.72. The molecular weight excluding hydrogens is 341 g/mol. The molecule has 2 unspecified atom stereocenters. The van der Waals surface area contributed by atoms with Crippen molar-refractivity contribution in [3.8, 4) is 5.75 Å². The fraction of sp³-hybridized carbons (Fsp3) is 0.500. The fourth-order valence-corrected chi connectivity index (χ4v) is 3.35. The molecule has 0 bridgehead atoms. The van der Waals surface area contributed by atoms with Gasteiger partial charge in [0.1, 0.15) is 5.75 Å². The molecule has 0 saturated carbocycles. The van der Waals surface area contributed by atoms with Crippen LogP contribution in [0.5, 0.6) is 5.75 Å². The number of nitrogens with one attached hydrogen (secondary N) is 1. The number of ether oxygens (including phenoxy) is 2. The Labute approximate surface area is 141 Å². The van der Waals surface area contributed by atoms with Gasteiger partial charge in [-0.3, -0.25) is 10.1 Å². The molecule has 25 heavy (non-hydrogen) atoms. The molecule has 1 fully saturated rings. The van der Waals surface area contributed by atoms with Crippen LogP contribution < -0.4 is 10.1 Å². The third-order valence-corrected chi connectivity index (χ3v) is 4.50. The molecule has 0 radical (unpaired) electrons. The zero-order valence-corrected chi connectivity index (χ0v) is 13.6. The van der Waals surface area contributed by atoms with Crippen molar-refractivity contribution in [2.75, 3.05) is 20.2 Å². The largest absolute Gasteiger partial charge is 0.496 e. The Bertz CT molecular complexity index is 720. The third kappa shape index (κ3) is 3.04. The van der Waals surface area contributed by atoms with Gasteiger partial charge in [0.05, 0.1) is 13.2 Å². The smallest absolute Gasteiger partial charge is 0.490 e. The molecule has 136 valence electrons. The normalized spacial score (nSPS) is 22.9. The second kappa shape index (κ2) is 6.21. The summed E-state index contributed by atoms with van der Waals surface area (Å²) in [6, 6.07) is 2.75. The second-order valence-corrected chi connectivity index (χ2v) is 5.99. The predicted molar refractivity (Wildman–Crippen MR) is 80.2 cm³/mol. The minimum atomic E-state index is -5.09. The minimum Gasteiger partial charge on any atom is -0.496 e. The Morgan fingerprint density at radius 3 is 2.72 bits per heavy atom. The summed E-state index contributed by atoms with van der Waals surface area (Å²) in [5, 5.41) is 2.75. The fourth-order valence-electron chi connectivity index (χ4n) is 3.35. The van der Waals surface area contributed by atoms with Crippen molar-refractivity contribution in [1.82, 2.24) is 10.2 Å². The highest BCUT2D eigenvalue weighted by Gasteiger charge is 2.47. The highest BCUT2D eigenvalue weighted by atomic mass is 19.4. The molecule has 0 aromatic heterocycles. The molecule has 1 saturated heterocycles. The lowest BCUT2D eigenvalue weighted by molar-refractivity contribution is -0.210. The van der Waals surface area contributed by atoms with E-state index in [4.69, 9.17) is 4.74 Å². The maximum atomic E-state index is 12.8. The van der Waals surface area contributed by atoms with Crippen molar-refractivity contribution in [3.63, 3.8) is 0 Å². The maximum absolute atomic E-state index is 12.8. The van der Waals surface area contributed by atoms with Crippen molar-refractivity contribution in [3.05, 3.63) is 28.8 Å². The van der Waals surface area contributed by atoms with Crippen LogP contribution in [0.3, 0.4) is 0 Å². The molecule has 1 aromatic rings. The van der Waals surface area contributed by atoms with Crippen LogP contribution in [0.15, 0.2) is 12.1 Å². The first-order chi connectivity index (χ1) is 11.7. The van der Waals surface area contributed by atoms with Gasteiger partial charge in [-0.25, -0.2) is 4.79 Å². The highest BCUT2D eigenvalue weighted by molar-refractivity contribution is 5.99. The number of aryl methyl sites for hydroxylation is 1. The van der Waals surface area contributed by atoms with Gasteiger partial charge >= 0.3 is 12.1 Å². The van der Waals surface area contributed by atoms with Crippen LogP contribution >= 0.6 is 0 Å². The predicted octanol–water partition coefficient (Wildman–Crippen LogP) is 1.41. The van der Waals surface area contributed by atoms with E-state index in [1.165, 1.54) is 12.0 Å². The van der Waals surface area contributed by atoms with Crippen LogP contribution in [0.25, 0.3) is 0 Å². The SMILES string of the molecule is COc1ccc(C)c2c1CC1C(OC(=O)C(F)(F)F)NCCN1C2=O. The standard InChI is InChI=1S/C16H17F3N2O4/c1-8-3-4-11(24-2)9-7-10-13(25-15(23)16(17,18)19)20-5-6-21(10)14(22)12(8)9/h3-4,10,13,20H,5-7H2,1-2H3. The van der Waals surface area contributed by atoms with E-state index >= 15 is 0 Å². The van der Waals surface area contributed by atoms with E-state index in [0.717, 1.165) is 5.56 Å². The van der Waals surface area contributed by atoms with Crippen molar-refractivity contribution in [2.45, 2.75) is 31.8 Å². The summed E-state index contributed by atoms with van der Waals surface area (Å²) < 4.78 is 47.4. The number of nitrogens with zero attached hydrogens (tertiary/aromatic N) is 1. The number of piperazine rings is 1. The van der Waals surface area contributed by atoms with Crippen molar-refractivity contribution >= 4 is 11.9 Å². The summed E-state index contributed by atoms with van der Waals surface area (Å²) in [6.07, 6.45) is -6.09. The first-order valence-corrected chi connectivity index (χ1v) is 7.72. The molecule has 3 rings (SSSR count). The Hall–Kier alpha value is -2.29. The number of benzene rings is 1. The summed E-state index contributed by atoms with van der Waals surface area (Å²) in [6.45, 7) is 2.34. The van der Waals surface area contributed by atoms with Crippen LogP contribution in [0.2, 0.25) is 0 Å². The van der Waals surface area contributed by atoms with Gasteiger partial charge in [-0.15, -0.1) is 0 Å². The van der Waals surface area contributed by atoms with Crippen LogP contribution in [-0.2, 0) is 16.0 Å². The van der Waals surface area contributed by atoms with Crippen LogP contribution in [0, 0.1) is 6.92 Å². The third-order valence-electron chi connectivity index (χ3n) is 4.50. The van der Waals surface area contributed by atoms with Crippen LogP contribution in [0.4, 0.5) is 13.2 Å². The van der Waals surface area contributed by atoms with Crippen molar-refractivity contribution in [2.24, 2.45) is 0 Å². The molecule has 1 N–H and O–H groups in total. The molecule has 0 spiro atoms. The molecule has 1 amide bonds. The van der Waals surface area contributed by atoms with E-state index in [-0.39, 0.29) is 18.9 Å². The van der Waals surface area contributed by atoms with Gasteiger partial charge in [-0.1, -0.05) is 6.07 Å². The molecule has 2 aliphatic rings. The Morgan fingerprint density at radius 1 is 1.36 bits per heavy atom. The number of hydrogen-bond acceptors (Lipinski definition) is 5. The number of amides is 1. The summed E-state index contributed by atoms with van der Waals surface area (Å²) in [5.41, 5.74) is 1.88. The van der Waals surface area contributed by atoms with E-state index in [1.54, 1.807) is 19.1 Å². The number of esters is 1. The maximum Gasteiger partial charge on any atom is 0.490 e. The number of carbonyl (C=O) groups excluding carboxylic acids is 2. The number of alkyl halides is 3. The molecule has 6 nitrogen and oxygen atoms in total. The number of methoxy groups -OCH3 is 1. The molecule has 2 aliphatic heterocycles. The van der Waals surface area contributed by atoms with E-state index in [0.29, 0.717) is 23.4 Å². The summed E-state index contributed by atoms with van der Waals surface area (Å²) in [7, 11) is 1.46. The van der Waals surface area contributed by atoms with E-state index in [9.17, 15) is 22.8 Å². The quantitative estimate of drug-likeness (QED) is 0.810. The van der Waals surface area contributed by atoms with Gasteiger partial charge in [0.25, 0.3) is 5.91 Å². The van der Waals surface area contributed by atoms with Gasteiger partial charge in [0, 0.05) is 30.6 Å². The van der Waals surface area contributed by atoms with Crippen molar-refractivity contribution < 1.29 is 32.2 Å². The Balaban J connectivity index is 1.95. The molecule has 1 aromatic carbocycles. The average molecular weight is 358 g/mol. The van der Waals surface area contributed by atoms with Gasteiger partial charge in [-0.2, -0.15) is 13.2 Å². The van der Waals surface area contributed by atoms with E-state index < -0.39 is 24.4 Å². The second-order valence-electron chi connectivity index (χ2n) is 5.99. The lowest BCUT2D eigenvalue weighted by atomic mass is 9.88. The van der Waals surface area contributed by atoms with Crippen molar-refractivity contribution in [1.29, 1.82) is 0 Å². The summed E-state index contributed by atoms with van der Waals surface area (Å²) in [4.78, 5) is 25.5. The van der Waals surface area contributed by atoms with Gasteiger partial charge < -0.3 is 14.4 Å². The van der Waals surface area contributed by atoms with Crippen LogP contribution in [-0.4, -0.2) is 55.4 Å².